The molecule has 0 spiro atoms. The Hall–Kier alpha value is -2.67. The fourth-order valence-electron chi connectivity index (χ4n) is 2.83. The third-order valence-corrected chi connectivity index (χ3v) is 4.25. The van der Waals surface area contributed by atoms with Crippen molar-refractivity contribution in [3.63, 3.8) is 0 Å². The Morgan fingerprint density at radius 1 is 1.28 bits per heavy atom. The van der Waals surface area contributed by atoms with Gasteiger partial charge in [-0.25, -0.2) is 4.39 Å². The number of hydrogen-bond donors (Lipinski definition) is 3. The van der Waals surface area contributed by atoms with Gasteiger partial charge in [-0.1, -0.05) is 0 Å². The summed E-state index contributed by atoms with van der Waals surface area (Å²) in [6.45, 7) is 3.21. The van der Waals surface area contributed by atoms with Crippen molar-refractivity contribution in [1.29, 1.82) is 0 Å². The Kier molecular flexibility index (Phi) is 5.14. The van der Waals surface area contributed by atoms with Crippen LogP contribution in [0.3, 0.4) is 0 Å². The van der Waals surface area contributed by atoms with E-state index in [-0.39, 0.29) is 17.5 Å². The summed E-state index contributed by atoms with van der Waals surface area (Å²) in [5.74, 6) is -0.809. The second-order valence-corrected chi connectivity index (χ2v) is 6.07. The van der Waals surface area contributed by atoms with E-state index < -0.39 is 11.7 Å². The van der Waals surface area contributed by atoms with E-state index in [1.807, 2.05) is 0 Å². The number of carbonyl (C=O) groups excluding carboxylic acids is 2. The molecule has 0 radical (unpaired) electrons. The maximum absolute atomic E-state index is 14.0. The average molecular weight is 345 g/mol. The number of piperidine rings is 1. The van der Waals surface area contributed by atoms with Crippen molar-refractivity contribution in [2.24, 2.45) is 5.92 Å². The molecule has 1 unspecified atom stereocenters. The topological polar surface area (TPSA) is 83.4 Å². The molecule has 6 nitrogen and oxygen atoms in total. The van der Waals surface area contributed by atoms with Crippen molar-refractivity contribution < 1.29 is 18.4 Å². The maximum atomic E-state index is 14.0. The van der Waals surface area contributed by atoms with Crippen molar-refractivity contribution >= 4 is 23.2 Å². The van der Waals surface area contributed by atoms with Gasteiger partial charge in [-0.3, -0.25) is 9.59 Å². The van der Waals surface area contributed by atoms with Crippen molar-refractivity contribution in [2.45, 2.75) is 19.8 Å². The lowest BCUT2D eigenvalue weighted by Crippen LogP contribution is -2.37. The summed E-state index contributed by atoms with van der Waals surface area (Å²) < 4.78 is 19.1. The molecular weight excluding hydrogens is 325 g/mol. The maximum Gasteiger partial charge on any atom is 0.259 e. The molecule has 1 aromatic carbocycles. The molecule has 1 aromatic heterocycles. The third-order valence-electron chi connectivity index (χ3n) is 4.25. The van der Waals surface area contributed by atoms with Crippen LogP contribution in [-0.4, -0.2) is 24.9 Å². The van der Waals surface area contributed by atoms with Crippen LogP contribution < -0.4 is 16.0 Å². The summed E-state index contributed by atoms with van der Waals surface area (Å²) in [6, 6.07) is 5.62. The predicted octanol–water partition coefficient (Wildman–Crippen LogP) is 2.92. The molecule has 1 fully saturated rings. The Morgan fingerprint density at radius 2 is 2.12 bits per heavy atom. The van der Waals surface area contributed by atoms with Crippen LogP contribution >= 0.6 is 0 Å². The molecule has 7 heteroatoms. The van der Waals surface area contributed by atoms with Crippen LogP contribution in [0.15, 0.2) is 34.9 Å². The summed E-state index contributed by atoms with van der Waals surface area (Å²) in [5.41, 5.74) is 0.781. The Bertz CT molecular complexity index is 782. The zero-order valence-electron chi connectivity index (χ0n) is 13.9. The van der Waals surface area contributed by atoms with Gasteiger partial charge in [-0.2, -0.15) is 0 Å². The first-order chi connectivity index (χ1) is 12.0. The van der Waals surface area contributed by atoms with Gasteiger partial charge in [0, 0.05) is 12.2 Å². The molecule has 0 aliphatic carbocycles. The fraction of sp³-hybridized carbons (Fsp3) is 0.333. The summed E-state index contributed by atoms with van der Waals surface area (Å²) in [5, 5.41) is 8.47. The van der Waals surface area contributed by atoms with E-state index in [1.54, 1.807) is 6.92 Å². The van der Waals surface area contributed by atoms with Crippen LogP contribution in [-0.2, 0) is 4.79 Å². The van der Waals surface area contributed by atoms with E-state index in [0.29, 0.717) is 23.6 Å². The van der Waals surface area contributed by atoms with E-state index in [9.17, 15) is 14.0 Å². The SMILES string of the molecule is Cc1occc1C(=O)Nc1cc(NC(=O)C2CCCNC2)ccc1F. The normalized spacial score (nSPS) is 17.1. The van der Waals surface area contributed by atoms with Gasteiger partial charge in [-0.15, -0.1) is 0 Å². The molecule has 25 heavy (non-hydrogen) atoms. The van der Waals surface area contributed by atoms with Crippen LogP contribution in [0.1, 0.15) is 29.0 Å². The number of nitrogens with one attached hydrogen (secondary N) is 3. The van der Waals surface area contributed by atoms with Gasteiger partial charge in [0.1, 0.15) is 11.6 Å². The molecule has 0 saturated carbocycles. The first-order valence-corrected chi connectivity index (χ1v) is 8.21. The summed E-state index contributed by atoms with van der Waals surface area (Å²) in [7, 11) is 0. The zero-order chi connectivity index (χ0) is 17.8. The highest BCUT2D eigenvalue weighted by molar-refractivity contribution is 6.05. The molecule has 1 saturated heterocycles. The highest BCUT2D eigenvalue weighted by Gasteiger charge is 2.21. The second kappa shape index (κ2) is 7.48. The molecule has 3 N–H and O–H groups in total. The molecule has 0 bridgehead atoms. The quantitative estimate of drug-likeness (QED) is 0.796. The van der Waals surface area contributed by atoms with E-state index in [0.717, 1.165) is 19.4 Å². The van der Waals surface area contributed by atoms with Gasteiger partial charge >= 0.3 is 0 Å². The number of carbonyl (C=O) groups is 2. The first-order valence-electron chi connectivity index (χ1n) is 8.21. The molecule has 2 amide bonds. The van der Waals surface area contributed by atoms with Gasteiger partial charge in [0.05, 0.1) is 23.4 Å². The zero-order valence-corrected chi connectivity index (χ0v) is 13.9. The summed E-state index contributed by atoms with van der Waals surface area (Å²) in [6.07, 6.45) is 3.17. The minimum Gasteiger partial charge on any atom is -0.469 e. The number of aryl methyl sites for hydroxylation is 1. The van der Waals surface area contributed by atoms with Crippen LogP contribution in [0, 0.1) is 18.7 Å². The van der Waals surface area contributed by atoms with Crippen molar-refractivity contribution in [3.8, 4) is 0 Å². The van der Waals surface area contributed by atoms with Gasteiger partial charge in [0.2, 0.25) is 5.91 Å². The summed E-state index contributed by atoms with van der Waals surface area (Å²) in [4.78, 5) is 24.5. The van der Waals surface area contributed by atoms with E-state index in [1.165, 1.54) is 30.5 Å². The minimum atomic E-state index is -0.577. The smallest absolute Gasteiger partial charge is 0.259 e. The van der Waals surface area contributed by atoms with Crippen LogP contribution in [0.4, 0.5) is 15.8 Å². The average Bonchev–Trinajstić information content (AvgIpc) is 3.04. The lowest BCUT2D eigenvalue weighted by atomic mass is 9.99. The summed E-state index contributed by atoms with van der Waals surface area (Å²) >= 11 is 0. The molecule has 1 aliphatic rings. The first kappa shape index (κ1) is 17.2. The lowest BCUT2D eigenvalue weighted by molar-refractivity contribution is -0.120. The Morgan fingerprint density at radius 3 is 2.80 bits per heavy atom. The van der Waals surface area contributed by atoms with E-state index in [4.69, 9.17) is 4.42 Å². The number of benzene rings is 1. The van der Waals surface area contributed by atoms with Gasteiger partial charge in [-0.05, 0) is 50.6 Å². The number of anilines is 2. The van der Waals surface area contributed by atoms with Gasteiger partial charge < -0.3 is 20.4 Å². The number of furan rings is 1. The van der Waals surface area contributed by atoms with Crippen molar-refractivity contribution in [1.82, 2.24) is 5.32 Å². The monoisotopic (exact) mass is 345 g/mol. The van der Waals surface area contributed by atoms with Gasteiger partial charge in [0.25, 0.3) is 5.91 Å². The second-order valence-electron chi connectivity index (χ2n) is 6.07. The van der Waals surface area contributed by atoms with Crippen molar-refractivity contribution in [3.05, 3.63) is 47.7 Å². The van der Waals surface area contributed by atoms with Crippen LogP contribution in [0.5, 0.6) is 0 Å². The fourth-order valence-corrected chi connectivity index (χ4v) is 2.83. The number of hydrogen-bond acceptors (Lipinski definition) is 4. The van der Waals surface area contributed by atoms with E-state index in [2.05, 4.69) is 16.0 Å². The number of rotatable bonds is 4. The number of amides is 2. The predicted molar refractivity (Wildman–Crippen MR) is 92.0 cm³/mol. The lowest BCUT2D eigenvalue weighted by Gasteiger charge is -2.22. The van der Waals surface area contributed by atoms with Gasteiger partial charge in [0.15, 0.2) is 0 Å². The molecule has 2 aromatic rings. The number of halogens is 1. The molecule has 2 heterocycles. The van der Waals surface area contributed by atoms with E-state index >= 15 is 0 Å². The molecule has 132 valence electrons. The Labute approximate surface area is 144 Å². The molecule has 3 rings (SSSR count). The molecular formula is C18H20FN3O3. The van der Waals surface area contributed by atoms with Crippen LogP contribution in [0.25, 0.3) is 0 Å². The highest BCUT2D eigenvalue weighted by Crippen LogP contribution is 2.22. The third kappa shape index (κ3) is 4.06. The standard InChI is InChI=1S/C18H20FN3O3/c1-11-14(6-8-25-11)18(24)22-16-9-13(4-5-15(16)19)21-17(23)12-3-2-7-20-10-12/h4-6,8-9,12,20H,2-3,7,10H2,1H3,(H,21,23)(H,22,24). The minimum absolute atomic E-state index is 0.00479. The Balaban J connectivity index is 1.70. The highest BCUT2D eigenvalue weighted by atomic mass is 19.1. The largest absolute Gasteiger partial charge is 0.469 e. The molecule has 1 aliphatic heterocycles. The van der Waals surface area contributed by atoms with Crippen molar-refractivity contribution in [2.75, 3.05) is 23.7 Å². The van der Waals surface area contributed by atoms with Crippen LogP contribution in [0.2, 0.25) is 0 Å². The molecule has 1 atom stereocenters.